The zero-order valence-corrected chi connectivity index (χ0v) is 14.5. The Hall–Kier alpha value is -2.77. The van der Waals surface area contributed by atoms with Gasteiger partial charge in [-0.15, -0.1) is 5.10 Å². The molecule has 7 nitrogen and oxygen atoms in total. The van der Waals surface area contributed by atoms with Crippen molar-refractivity contribution in [3.63, 3.8) is 0 Å². The Morgan fingerprint density at radius 2 is 2.20 bits per heavy atom. The van der Waals surface area contributed by atoms with Gasteiger partial charge in [0.2, 0.25) is 5.95 Å². The van der Waals surface area contributed by atoms with E-state index < -0.39 is 5.95 Å². The lowest BCUT2D eigenvalue weighted by Crippen LogP contribution is -2.44. The minimum Gasteiger partial charge on any atom is -0.336 e. The molecule has 2 amide bonds. The monoisotopic (exact) mass is 344 g/mol. The van der Waals surface area contributed by atoms with Gasteiger partial charge >= 0.3 is 6.03 Å². The second-order valence-corrected chi connectivity index (χ2v) is 6.28. The molecule has 132 valence electrons. The molecule has 0 saturated heterocycles. The van der Waals surface area contributed by atoms with Gasteiger partial charge in [0.15, 0.2) is 0 Å². The number of rotatable bonds is 3. The van der Waals surface area contributed by atoms with Crippen molar-refractivity contribution in [2.24, 2.45) is 0 Å². The fraction of sp³-hybridized carbons (Fsp3) is 0.412. The molecule has 1 aliphatic heterocycles. The van der Waals surface area contributed by atoms with Gasteiger partial charge in [-0.25, -0.2) is 14.5 Å². The highest BCUT2D eigenvalue weighted by Gasteiger charge is 2.22. The molecule has 0 unspecified atom stereocenters. The van der Waals surface area contributed by atoms with Crippen molar-refractivity contribution in [2.75, 3.05) is 13.1 Å². The van der Waals surface area contributed by atoms with Crippen LogP contribution in [0, 0.1) is 12.9 Å². The van der Waals surface area contributed by atoms with Gasteiger partial charge in [0.05, 0.1) is 5.69 Å². The van der Waals surface area contributed by atoms with Gasteiger partial charge < -0.3 is 10.2 Å². The largest absolute Gasteiger partial charge is 0.336 e. The van der Waals surface area contributed by atoms with Crippen LogP contribution in [-0.4, -0.2) is 50.0 Å². The molecule has 25 heavy (non-hydrogen) atoms. The summed E-state index contributed by atoms with van der Waals surface area (Å²) in [4.78, 5) is 17.5. The zero-order chi connectivity index (χ0) is 18.0. The predicted molar refractivity (Wildman–Crippen MR) is 91.7 cm³/mol. The SMILES string of the molecule is Cc1c(C2=CCN(C(=O)NC(C)C)CC2)nnn1-c1cccnc1F. The van der Waals surface area contributed by atoms with Crippen LogP contribution < -0.4 is 5.32 Å². The predicted octanol–water partition coefficient (Wildman–Crippen LogP) is 2.32. The second kappa shape index (κ2) is 7.00. The van der Waals surface area contributed by atoms with E-state index in [0.29, 0.717) is 19.5 Å². The number of carbonyl (C=O) groups excluding carboxylic acids is 1. The Labute approximate surface area is 145 Å². The van der Waals surface area contributed by atoms with Crippen molar-refractivity contribution >= 4 is 11.6 Å². The minimum absolute atomic E-state index is 0.0666. The Kier molecular flexibility index (Phi) is 4.78. The standard InChI is InChI=1S/C17H21FN6O/c1-11(2)20-17(25)23-9-6-13(7-10-23)15-12(3)24(22-21-15)14-5-4-8-19-16(14)18/h4-6,8,11H,7,9-10H2,1-3H3,(H,20,25). The molecular formula is C17H21FN6O. The summed E-state index contributed by atoms with van der Waals surface area (Å²) < 4.78 is 15.3. The van der Waals surface area contributed by atoms with E-state index in [9.17, 15) is 9.18 Å². The van der Waals surface area contributed by atoms with Crippen LogP contribution in [0.15, 0.2) is 24.4 Å². The average Bonchev–Trinajstić information content (AvgIpc) is 2.96. The van der Waals surface area contributed by atoms with Gasteiger partial charge in [0.1, 0.15) is 11.4 Å². The summed E-state index contributed by atoms with van der Waals surface area (Å²) in [5, 5.41) is 11.2. The topological polar surface area (TPSA) is 75.9 Å². The third-order valence-electron chi connectivity index (χ3n) is 4.07. The molecule has 0 radical (unpaired) electrons. The molecule has 2 aromatic heterocycles. The molecule has 2 aromatic rings. The van der Waals surface area contributed by atoms with Crippen molar-refractivity contribution in [1.29, 1.82) is 0 Å². The molecule has 0 atom stereocenters. The van der Waals surface area contributed by atoms with E-state index in [1.165, 1.54) is 10.9 Å². The summed E-state index contributed by atoms with van der Waals surface area (Å²) in [6.45, 7) is 6.84. The molecule has 8 heteroatoms. The first-order valence-corrected chi connectivity index (χ1v) is 8.25. The number of urea groups is 1. The molecule has 1 N–H and O–H groups in total. The van der Waals surface area contributed by atoms with E-state index >= 15 is 0 Å². The first-order valence-electron chi connectivity index (χ1n) is 8.25. The number of nitrogens with zero attached hydrogens (tertiary/aromatic N) is 5. The average molecular weight is 344 g/mol. The molecule has 0 aromatic carbocycles. The number of hydrogen-bond acceptors (Lipinski definition) is 4. The highest BCUT2D eigenvalue weighted by molar-refractivity contribution is 5.76. The highest BCUT2D eigenvalue weighted by Crippen LogP contribution is 2.25. The zero-order valence-electron chi connectivity index (χ0n) is 14.5. The Morgan fingerprint density at radius 1 is 1.40 bits per heavy atom. The van der Waals surface area contributed by atoms with Crippen molar-refractivity contribution < 1.29 is 9.18 Å². The van der Waals surface area contributed by atoms with Gasteiger partial charge in [-0.05, 0) is 44.9 Å². The molecule has 3 rings (SSSR count). The van der Waals surface area contributed by atoms with E-state index in [1.807, 2.05) is 26.8 Å². The second-order valence-electron chi connectivity index (χ2n) is 6.28. The van der Waals surface area contributed by atoms with E-state index in [4.69, 9.17) is 0 Å². The summed E-state index contributed by atoms with van der Waals surface area (Å²) in [5.74, 6) is -0.587. The van der Waals surface area contributed by atoms with Gasteiger partial charge in [-0.2, -0.15) is 4.39 Å². The minimum atomic E-state index is -0.587. The van der Waals surface area contributed by atoms with Crippen LogP contribution in [0.4, 0.5) is 9.18 Å². The molecule has 3 heterocycles. The van der Waals surface area contributed by atoms with Crippen molar-refractivity contribution in [3.8, 4) is 5.69 Å². The normalized spacial score (nSPS) is 14.6. The van der Waals surface area contributed by atoms with Crippen LogP contribution in [0.3, 0.4) is 0 Å². The highest BCUT2D eigenvalue weighted by atomic mass is 19.1. The van der Waals surface area contributed by atoms with Crippen LogP contribution in [0.5, 0.6) is 0 Å². The van der Waals surface area contributed by atoms with Crippen LogP contribution in [-0.2, 0) is 0 Å². The van der Waals surface area contributed by atoms with Crippen molar-refractivity contribution in [1.82, 2.24) is 30.2 Å². The lowest BCUT2D eigenvalue weighted by Gasteiger charge is -2.27. The fourth-order valence-electron chi connectivity index (χ4n) is 2.80. The Bertz CT molecular complexity index is 813. The van der Waals surface area contributed by atoms with E-state index in [1.54, 1.807) is 17.0 Å². The van der Waals surface area contributed by atoms with Gasteiger partial charge in [-0.1, -0.05) is 11.3 Å². The maximum Gasteiger partial charge on any atom is 0.317 e. The van der Waals surface area contributed by atoms with Gasteiger partial charge in [0, 0.05) is 25.3 Å². The summed E-state index contributed by atoms with van der Waals surface area (Å²) in [7, 11) is 0. The number of pyridine rings is 1. The third kappa shape index (κ3) is 3.52. The van der Waals surface area contributed by atoms with E-state index in [2.05, 4.69) is 20.6 Å². The van der Waals surface area contributed by atoms with Gasteiger partial charge in [0.25, 0.3) is 0 Å². The first kappa shape index (κ1) is 17.1. The number of carbonyl (C=O) groups is 1. The summed E-state index contributed by atoms with van der Waals surface area (Å²) in [5.41, 5.74) is 2.76. The maximum absolute atomic E-state index is 13.9. The van der Waals surface area contributed by atoms with Crippen LogP contribution in [0.2, 0.25) is 0 Å². The quantitative estimate of drug-likeness (QED) is 0.867. The summed E-state index contributed by atoms with van der Waals surface area (Å²) in [6, 6.07) is 3.31. The molecule has 0 fully saturated rings. The molecular weight excluding hydrogens is 323 g/mol. The molecule has 0 bridgehead atoms. The molecule has 1 aliphatic rings. The van der Waals surface area contributed by atoms with Crippen LogP contribution >= 0.6 is 0 Å². The van der Waals surface area contributed by atoms with E-state index in [0.717, 1.165) is 17.0 Å². The van der Waals surface area contributed by atoms with Crippen molar-refractivity contribution in [2.45, 2.75) is 33.2 Å². The lowest BCUT2D eigenvalue weighted by molar-refractivity contribution is 0.200. The fourth-order valence-corrected chi connectivity index (χ4v) is 2.80. The van der Waals surface area contributed by atoms with Crippen molar-refractivity contribution in [3.05, 3.63) is 41.7 Å². The van der Waals surface area contributed by atoms with E-state index in [-0.39, 0.29) is 17.8 Å². The van der Waals surface area contributed by atoms with Crippen LogP contribution in [0.25, 0.3) is 11.3 Å². The maximum atomic E-state index is 13.9. The number of aromatic nitrogens is 4. The van der Waals surface area contributed by atoms with Crippen LogP contribution in [0.1, 0.15) is 31.7 Å². The molecule has 0 spiro atoms. The molecule has 0 aliphatic carbocycles. The molecule has 0 saturated carbocycles. The Morgan fingerprint density at radius 3 is 2.84 bits per heavy atom. The lowest BCUT2D eigenvalue weighted by atomic mass is 10.0. The number of nitrogens with one attached hydrogen (secondary N) is 1. The first-order chi connectivity index (χ1) is 12.0. The number of amides is 2. The smallest absolute Gasteiger partial charge is 0.317 e. The third-order valence-corrected chi connectivity index (χ3v) is 4.07. The number of hydrogen-bond donors (Lipinski definition) is 1. The number of halogens is 1. The summed E-state index contributed by atoms with van der Waals surface area (Å²) in [6.07, 6.45) is 4.05. The van der Waals surface area contributed by atoms with Gasteiger partial charge in [-0.3, -0.25) is 0 Å². The Balaban J connectivity index is 1.79. The summed E-state index contributed by atoms with van der Waals surface area (Å²) >= 11 is 0.